The third-order valence-corrected chi connectivity index (χ3v) is 5.52. The topological polar surface area (TPSA) is 32.3 Å². The van der Waals surface area contributed by atoms with Gasteiger partial charge < -0.3 is 5.32 Å². The zero-order valence-corrected chi connectivity index (χ0v) is 19.0. The Morgan fingerprint density at radius 3 is 2.50 bits per heavy atom. The summed E-state index contributed by atoms with van der Waals surface area (Å²) in [4.78, 5) is 15.0. The van der Waals surface area contributed by atoms with Crippen LogP contribution in [0.2, 0.25) is 5.02 Å². The minimum Gasteiger partial charge on any atom is -0.344 e. The summed E-state index contributed by atoms with van der Waals surface area (Å²) < 4.78 is 40.3. The Kier molecular flexibility index (Phi) is 8.52. The predicted molar refractivity (Wildman–Crippen MR) is 118 cm³/mol. The third kappa shape index (κ3) is 6.33. The van der Waals surface area contributed by atoms with Crippen molar-refractivity contribution in [2.24, 2.45) is 0 Å². The van der Waals surface area contributed by atoms with Crippen molar-refractivity contribution < 1.29 is 18.0 Å². The van der Waals surface area contributed by atoms with E-state index in [2.05, 4.69) is 32.7 Å². The highest BCUT2D eigenvalue weighted by Crippen LogP contribution is 2.36. The lowest BCUT2D eigenvalue weighted by atomic mass is 10.0. The number of nitrogens with zero attached hydrogens (tertiary/aromatic N) is 1. The zero-order valence-electron chi connectivity index (χ0n) is 16.6. The van der Waals surface area contributed by atoms with Gasteiger partial charge in [-0.15, -0.1) is 6.58 Å². The molecular weight excluding hydrogens is 481 g/mol. The summed E-state index contributed by atoms with van der Waals surface area (Å²) in [5.41, 5.74) is -0.437. The van der Waals surface area contributed by atoms with Gasteiger partial charge in [0.15, 0.2) is 0 Å². The summed E-state index contributed by atoms with van der Waals surface area (Å²) in [6, 6.07) is 10.4. The lowest BCUT2D eigenvalue weighted by molar-refractivity contribution is -0.137. The molecule has 30 heavy (non-hydrogen) atoms. The van der Waals surface area contributed by atoms with E-state index in [0.29, 0.717) is 13.1 Å². The Morgan fingerprint density at radius 1 is 1.27 bits per heavy atom. The molecule has 1 atom stereocenters. The van der Waals surface area contributed by atoms with Crippen LogP contribution in [0.4, 0.5) is 13.2 Å². The van der Waals surface area contributed by atoms with Gasteiger partial charge in [0.25, 0.3) is 5.91 Å². The minimum atomic E-state index is -4.64. The van der Waals surface area contributed by atoms with E-state index in [1.54, 1.807) is 6.08 Å². The molecule has 8 heteroatoms. The van der Waals surface area contributed by atoms with Gasteiger partial charge >= 0.3 is 6.18 Å². The number of carbonyl (C=O) groups is 1. The first-order chi connectivity index (χ1) is 14.0. The van der Waals surface area contributed by atoms with E-state index in [4.69, 9.17) is 11.6 Å². The molecule has 0 saturated heterocycles. The highest BCUT2D eigenvalue weighted by atomic mass is 79.9. The molecule has 0 aliphatic rings. The number of halogens is 5. The molecule has 0 aliphatic carbocycles. The molecule has 162 valence electrons. The van der Waals surface area contributed by atoms with Gasteiger partial charge in [0.05, 0.1) is 22.2 Å². The molecule has 1 unspecified atom stereocenters. The van der Waals surface area contributed by atoms with Crippen molar-refractivity contribution in [2.45, 2.75) is 32.1 Å². The van der Waals surface area contributed by atoms with Gasteiger partial charge in [0.1, 0.15) is 0 Å². The average molecular weight is 504 g/mol. The second-order valence-electron chi connectivity index (χ2n) is 7.08. The maximum absolute atomic E-state index is 13.2. The largest absolute Gasteiger partial charge is 0.417 e. The van der Waals surface area contributed by atoms with Crippen LogP contribution in [0.3, 0.4) is 0 Å². The smallest absolute Gasteiger partial charge is 0.344 e. The van der Waals surface area contributed by atoms with Gasteiger partial charge in [0, 0.05) is 23.6 Å². The molecule has 2 aromatic carbocycles. The Balaban J connectivity index is 2.38. The van der Waals surface area contributed by atoms with Gasteiger partial charge in [-0.25, -0.2) is 0 Å². The molecule has 0 aromatic heterocycles. The summed E-state index contributed by atoms with van der Waals surface area (Å²) in [5.74, 6) is -0.668. The van der Waals surface area contributed by atoms with Gasteiger partial charge in [-0.05, 0) is 43.7 Å². The molecular formula is C22H23BrClF3N2O. The van der Waals surface area contributed by atoms with E-state index in [1.807, 2.05) is 38.1 Å². The van der Waals surface area contributed by atoms with E-state index in [0.717, 1.165) is 16.1 Å². The highest BCUT2D eigenvalue weighted by Gasteiger charge is 2.35. The van der Waals surface area contributed by atoms with Crippen molar-refractivity contribution in [1.82, 2.24) is 10.2 Å². The van der Waals surface area contributed by atoms with Crippen molar-refractivity contribution in [3.63, 3.8) is 0 Å². The molecule has 0 bridgehead atoms. The molecule has 2 rings (SSSR count). The maximum atomic E-state index is 13.2. The number of alkyl halides is 3. The number of hydrogen-bond acceptors (Lipinski definition) is 2. The Hall–Kier alpha value is -1.83. The van der Waals surface area contributed by atoms with Crippen molar-refractivity contribution in [2.75, 3.05) is 13.1 Å². The first kappa shape index (κ1) is 24.4. The molecule has 0 spiro atoms. The van der Waals surface area contributed by atoms with E-state index < -0.39 is 28.7 Å². The standard InChI is InChI=1S/C22H23BrClF3N2O/c1-4-11-29(14(2)3)13-19(15-7-5-8-16(23)12-15)28-21(30)17-9-6-10-18(20(17)24)22(25,26)27/h4-10,12,14,19H,1,11,13H2,2-3H3,(H,28,30). The molecule has 2 aromatic rings. The Bertz CT molecular complexity index is 902. The van der Waals surface area contributed by atoms with Crippen LogP contribution in [-0.2, 0) is 6.18 Å². The summed E-state index contributed by atoms with van der Waals surface area (Å²) in [5, 5.41) is 2.24. The van der Waals surface area contributed by atoms with E-state index in [-0.39, 0.29) is 11.6 Å². The molecule has 1 amide bonds. The first-order valence-electron chi connectivity index (χ1n) is 9.31. The lowest BCUT2D eigenvalue weighted by Crippen LogP contribution is -2.41. The van der Waals surface area contributed by atoms with E-state index in [1.165, 1.54) is 12.1 Å². The van der Waals surface area contributed by atoms with Crippen LogP contribution in [0.15, 0.2) is 59.6 Å². The van der Waals surface area contributed by atoms with Crippen LogP contribution in [0.25, 0.3) is 0 Å². The summed E-state index contributed by atoms with van der Waals surface area (Å²) in [6.07, 6.45) is -2.88. The summed E-state index contributed by atoms with van der Waals surface area (Å²) in [6.45, 7) is 8.86. The van der Waals surface area contributed by atoms with Crippen molar-refractivity contribution in [3.05, 3.63) is 81.3 Å². The van der Waals surface area contributed by atoms with Crippen LogP contribution in [0.5, 0.6) is 0 Å². The highest BCUT2D eigenvalue weighted by molar-refractivity contribution is 9.10. The Labute approximate surface area is 188 Å². The molecule has 0 aliphatic heterocycles. The lowest BCUT2D eigenvalue weighted by Gasteiger charge is -2.30. The first-order valence-corrected chi connectivity index (χ1v) is 10.5. The van der Waals surface area contributed by atoms with Crippen LogP contribution in [-0.4, -0.2) is 29.9 Å². The Morgan fingerprint density at radius 2 is 1.93 bits per heavy atom. The number of rotatable bonds is 8. The van der Waals surface area contributed by atoms with Crippen LogP contribution in [0.1, 0.15) is 41.4 Å². The van der Waals surface area contributed by atoms with Crippen molar-refractivity contribution in [3.8, 4) is 0 Å². The SMILES string of the molecule is C=CCN(CC(NC(=O)c1cccc(C(F)(F)F)c1Cl)c1cccc(Br)c1)C(C)C. The van der Waals surface area contributed by atoms with Gasteiger partial charge in [-0.1, -0.05) is 51.8 Å². The number of nitrogens with one attached hydrogen (secondary N) is 1. The van der Waals surface area contributed by atoms with E-state index >= 15 is 0 Å². The van der Waals surface area contributed by atoms with Gasteiger partial charge in [-0.3, -0.25) is 9.69 Å². The van der Waals surface area contributed by atoms with Crippen molar-refractivity contribution >= 4 is 33.4 Å². The fraction of sp³-hybridized carbons (Fsp3) is 0.318. The second-order valence-corrected chi connectivity index (χ2v) is 8.38. The number of hydrogen-bond donors (Lipinski definition) is 1. The monoisotopic (exact) mass is 502 g/mol. The quantitative estimate of drug-likeness (QED) is 0.418. The van der Waals surface area contributed by atoms with E-state index in [9.17, 15) is 18.0 Å². The second kappa shape index (κ2) is 10.5. The molecule has 0 saturated carbocycles. The van der Waals surface area contributed by atoms with Crippen LogP contribution >= 0.6 is 27.5 Å². The van der Waals surface area contributed by atoms with Crippen molar-refractivity contribution in [1.29, 1.82) is 0 Å². The molecule has 3 nitrogen and oxygen atoms in total. The summed E-state index contributed by atoms with van der Waals surface area (Å²) in [7, 11) is 0. The fourth-order valence-corrected chi connectivity index (χ4v) is 3.75. The molecule has 1 N–H and O–H groups in total. The van der Waals surface area contributed by atoms with Gasteiger partial charge in [0.2, 0.25) is 0 Å². The average Bonchev–Trinajstić information content (AvgIpc) is 2.65. The minimum absolute atomic E-state index is 0.173. The summed E-state index contributed by atoms with van der Waals surface area (Å²) >= 11 is 9.36. The maximum Gasteiger partial charge on any atom is 0.417 e. The molecule has 0 fully saturated rings. The number of carbonyl (C=O) groups excluding carboxylic acids is 1. The van der Waals surface area contributed by atoms with Crippen LogP contribution in [0, 0.1) is 0 Å². The fourth-order valence-electron chi connectivity index (χ4n) is 3.02. The normalized spacial score (nSPS) is 12.8. The van der Waals surface area contributed by atoms with Gasteiger partial charge in [-0.2, -0.15) is 13.2 Å². The number of benzene rings is 2. The molecule has 0 radical (unpaired) electrons. The zero-order chi connectivity index (χ0) is 22.5. The third-order valence-electron chi connectivity index (χ3n) is 4.62. The number of amides is 1. The molecule has 0 heterocycles. The van der Waals surface area contributed by atoms with Crippen LogP contribution < -0.4 is 5.32 Å². The predicted octanol–water partition coefficient (Wildman–Crippen LogP) is 6.49.